The van der Waals surface area contributed by atoms with Crippen LogP contribution >= 0.6 is 24.0 Å². The molecule has 1 saturated heterocycles. The second-order valence-corrected chi connectivity index (χ2v) is 6.89. The van der Waals surface area contributed by atoms with Gasteiger partial charge in [0.1, 0.15) is 0 Å². The zero-order valence-corrected chi connectivity index (χ0v) is 13.0. The molecular formula is C11H13Cl2F3N2O2S. The van der Waals surface area contributed by atoms with Crippen LogP contribution in [-0.4, -0.2) is 31.9 Å². The minimum atomic E-state index is -4.80. The fourth-order valence-electron chi connectivity index (χ4n) is 2.06. The second kappa shape index (κ2) is 6.29. The molecule has 0 spiro atoms. The van der Waals surface area contributed by atoms with Crippen molar-refractivity contribution in [3.05, 3.63) is 28.8 Å². The summed E-state index contributed by atoms with van der Waals surface area (Å²) in [6.07, 6.45) is -4.37. The van der Waals surface area contributed by atoms with Gasteiger partial charge in [-0.1, -0.05) is 11.6 Å². The molecule has 0 unspecified atom stereocenters. The number of hydrogen-bond acceptors (Lipinski definition) is 3. The Hall–Kier alpha value is -0.540. The van der Waals surface area contributed by atoms with Crippen molar-refractivity contribution in [2.24, 2.45) is 5.73 Å². The largest absolute Gasteiger partial charge is 0.417 e. The summed E-state index contributed by atoms with van der Waals surface area (Å²) < 4.78 is 64.4. The maximum absolute atomic E-state index is 13.0. The molecule has 10 heteroatoms. The first kappa shape index (κ1) is 18.5. The molecule has 1 aromatic rings. The Kier molecular flexibility index (Phi) is 5.55. The van der Waals surface area contributed by atoms with Gasteiger partial charge >= 0.3 is 6.18 Å². The summed E-state index contributed by atoms with van der Waals surface area (Å²) in [7, 11) is -4.23. The summed E-state index contributed by atoms with van der Waals surface area (Å²) in [4.78, 5) is -0.788. The van der Waals surface area contributed by atoms with Crippen molar-refractivity contribution in [2.45, 2.75) is 23.5 Å². The highest BCUT2D eigenvalue weighted by Crippen LogP contribution is 2.37. The van der Waals surface area contributed by atoms with Crippen LogP contribution in [0.15, 0.2) is 23.1 Å². The van der Waals surface area contributed by atoms with Crippen LogP contribution in [0.5, 0.6) is 0 Å². The van der Waals surface area contributed by atoms with Gasteiger partial charge in [-0.15, -0.1) is 12.4 Å². The van der Waals surface area contributed by atoms with E-state index in [4.69, 9.17) is 17.3 Å². The van der Waals surface area contributed by atoms with Crippen LogP contribution in [0.2, 0.25) is 5.02 Å². The Bertz CT molecular complexity index is 622. The van der Waals surface area contributed by atoms with E-state index in [1.165, 1.54) is 0 Å². The van der Waals surface area contributed by atoms with E-state index in [1.807, 2.05) is 0 Å². The number of benzene rings is 1. The zero-order chi connectivity index (χ0) is 15.1. The van der Waals surface area contributed by atoms with E-state index < -0.39 is 26.7 Å². The van der Waals surface area contributed by atoms with E-state index in [-0.39, 0.29) is 36.6 Å². The Balaban J connectivity index is 0.00000220. The van der Waals surface area contributed by atoms with Crippen molar-refractivity contribution >= 4 is 34.0 Å². The number of hydrogen-bond donors (Lipinski definition) is 1. The van der Waals surface area contributed by atoms with Crippen LogP contribution < -0.4 is 5.73 Å². The molecule has 1 atom stereocenters. The molecule has 0 amide bonds. The lowest BCUT2D eigenvalue weighted by Crippen LogP contribution is -2.33. The first-order chi connectivity index (χ1) is 9.12. The van der Waals surface area contributed by atoms with E-state index in [0.717, 1.165) is 16.4 Å². The minimum Gasteiger partial charge on any atom is -0.326 e. The highest BCUT2D eigenvalue weighted by atomic mass is 35.5. The predicted octanol–water partition coefficient (Wildman–Crippen LogP) is 2.50. The lowest BCUT2D eigenvalue weighted by atomic mass is 10.2. The molecule has 1 aliphatic rings. The lowest BCUT2D eigenvalue weighted by molar-refractivity contribution is -0.139. The molecule has 2 N–H and O–H groups in total. The van der Waals surface area contributed by atoms with Crippen LogP contribution in [-0.2, 0) is 16.2 Å². The molecule has 0 aliphatic carbocycles. The molecule has 120 valence electrons. The normalized spacial score (nSPS) is 20.3. The van der Waals surface area contributed by atoms with E-state index in [9.17, 15) is 21.6 Å². The van der Waals surface area contributed by atoms with Gasteiger partial charge in [-0.3, -0.25) is 0 Å². The summed E-state index contributed by atoms with van der Waals surface area (Å²) in [5.41, 5.74) is 4.34. The van der Waals surface area contributed by atoms with Gasteiger partial charge in [0, 0.05) is 24.2 Å². The molecule has 21 heavy (non-hydrogen) atoms. The van der Waals surface area contributed by atoms with Crippen LogP contribution in [0.1, 0.15) is 12.0 Å². The van der Waals surface area contributed by atoms with Crippen molar-refractivity contribution < 1.29 is 21.6 Å². The molecular weight excluding hydrogens is 352 g/mol. The van der Waals surface area contributed by atoms with Crippen molar-refractivity contribution in [1.29, 1.82) is 0 Å². The minimum absolute atomic E-state index is 0. The monoisotopic (exact) mass is 364 g/mol. The third-order valence-electron chi connectivity index (χ3n) is 3.05. The van der Waals surface area contributed by atoms with E-state index >= 15 is 0 Å². The quantitative estimate of drug-likeness (QED) is 0.876. The SMILES string of the molecule is Cl.N[C@H]1CCN(S(=O)(=O)c2ccc(Cl)cc2C(F)(F)F)C1. The van der Waals surface area contributed by atoms with Gasteiger partial charge in [-0.25, -0.2) is 8.42 Å². The number of nitrogens with two attached hydrogens (primary N) is 1. The number of halogens is 5. The number of alkyl halides is 3. The molecule has 2 rings (SSSR count). The fraction of sp³-hybridized carbons (Fsp3) is 0.455. The van der Waals surface area contributed by atoms with Crippen LogP contribution in [0.3, 0.4) is 0 Å². The number of nitrogens with zero attached hydrogens (tertiary/aromatic N) is 1. The van der Waals surface area contributed by atoms with Gasteiger partial charge in [0.05, 0.1) is 10.5 Å². The van der Waals surface area contributed by atoms with E-state index in [1.54, 1.807) is 0 Å². The summed E-state index contributed by atoms with van der Waals surface area (Å²) in [6.45, 7) is 0.131. The van der Waals surface area contributed by atoms with Gasteiger partial charge in [0.15, 0.2) is 0 Å². The predicted molar refractivity (Wildman–Crippen MR) is 75.1 cm³/mol. The standard InChI is InChI=1S/C11H12ClF3N2O2S.ClH/c12-7-1-2-10(9(5-7)11(13,14)15)20(18,19)17-4-3-8(16)6-17;/h1-2,5,8H,3-4,6,16H2;1H/t8-;/m0./s1. The van der Waals surface area contributed by atoms with Crippen LogP contribution in [0.25, 0.3) is 0 Å². The smallest absolute Gasteiger partial charge is 0.326 e. The molecule has 0 bridgehead atoms. The van der Waals surface area contributed by atoms with Crippen molar-refractivity contribution in [2.75, 3.05) is 13.1 Å². The molecule has 0 aromatic heterocycles. The van der Waals surface area contributed by atoms with Gasteiger partial charge in [-0.2, -0.15) is 17.5 Å². The van der Waals surface area contributed by atoms with E-state index in [2.05, 4.69) is 0 Å². The van der Waals surface area contributed by atoms with Crippen LogP contribution in [0.4, 0.5) is 13.2 Å². The Labute approximate surface area is 131 Å². The number of rotatable bonds is 2. The van der Waals surface area contributed by atoms with E-state index in [0.29, 0.717) is 12.5 Å². The van der Waals surface area contributed by atoms with Crippen molar-refractivity contribution in [3.63, 3.8) is 0 Å². The highest BCUT2D eigenvalue weighted by molar-refractivity contribution is 7.89. The second-order valence-electron chi connectivity index (χ2n) is 4.55. The molecule has 1 fully saturated rings. The molecule has 1 aromatic carbocycles. The van der Waals surface area contributed by atoms with Gasteiger partial charge in [0.25, 0.3) is 0 Å². The summed E-state index contributed by atoms with van der Waals surface area (Å²) >= 11 is 5.53. The summed E-state index contributed by atoms with van der Waals surface area (Å²) in [6, 6.07) is 2.26. The zero-order valence-electron chi connectivity index (χ0n) is 10.6. The van der Waals surface area contributed by atoms with Crippen molar-refractivity contribution in [1.82, 2.24) is 4.31 Å². The fourth-order valence-corrected chi connectivity index (χ4v) is 3.94. The average molecular weight is 365 g/mol. The van der Waals surface area contributed by atoms with Crippen LogP contribution in [0, 0.1) is 0 Å². The van der Waals surface area contributed by atoms with Crippen molar-refractivity contribution in [3.8, 4) is 0 Å². The summed E-state index contributed by atoms with van der Waals surface area (Å²) in [5.74, 6) is 0. The Morgan fingerprint density at radius 1 is 1.33 bits per heavy atom. The lowest BCUT2D eigenvalue weighted by Gasteiger charge is -2.19. The van der Waals surface area contributed by atoms with Gasteiger partial charge in [0.2, 0.25) is 10.0 Å². The van der Waals surface area contributed by atoms with Gasteiger partial charge in [-0.05, 0) is 24.6 Å². The Morgan fingerprint density at radius 2 is 1.95 bits per heavy atom. The third-order valence-corrected chi connectivity index (χ3v) is 5.21. The first-order valence-corrected chi connectivity index (χ1v) is 7.56. The summed E-state index contributed by atoms with van der Waals surface area (Å²) in [5, 5.41) is -0.172. The first-order valence-electron chi connectivity index (χ1n) is 5.75. The maximum Gasteiger partial charge on any atom is 0.417 e. The molecule has 1 aliphatic heterocycles. The average Bonchev–Trinajstić information content (AvgIpc) is 2.75. The topological polar surface area (TPSA) is 63.4 Å². The maximum atomic E-state index is 13.0. The molecule has 4 nitrogen and oxygen atoms in total. The molecule has 0 radical (unpaired) electrons. The third kappa shape index (κ3) is 3.81. The highest BCUT2D eigenvalue weighted by Gasteiger charge is 2.40. The Morgan fingerprint density at radius 3 is 2.43 bits per heavy atom. The molecule has 0 saturated carbocycles. The number of sulfonamides is 1. The van der Waals surface area contributed by atoms with Gasteiger partial charge < -0.3 is 5.73 Å². The molecule has 1 heterocycles.